The zero-order valence-electron chi connectivity index (χ0n) is 10.9. The molecule has 8 nitrogen and oxygen atoms in total. The molecule has 0 aliphatic carbocycles. The van der Waals surface area contributed by atoms with Crippen molar-refractivity contribution in [2.24, 2.45) is 0 Å². The lowest BCUT2D eigenvalue weighted by Crippen LogP contribution is -2.25. The van der Waals surface area contributed by atoms with E-state index in [0.717, 1.165) is 0 Å². The van der Waals surface area contributed by atoms with E-state index in [4.69, 9.17) is 4.74 Å². The maximum Gasteiger partial charge on any atom is 0.332 e. The third kappa shape index (κ3) is 3.04. The van der Waals surface area contributed by atoms with Gasteiger partial charge in [0.2, 0.25) is 11.8 Å². The highest BCUT2D eigenvalue weighted by molar-refractivity contribution is 5.62. The van der Waals surface area contributed by atoms with Crippen molar-refractivity contribution in [2.75, 3.05) is 44.6 Å². The minimum atomic E-state index is -0.465. The van der Waals surface area contributed by atoms with E-state index in [9.17, 15) is 10.1 Å². The molecule has 0 unspecified atom stereocenters. The Morgan fingerprint density at radius 2 is 2.17 bits per heavy atom. The minimum absolute atomic E-state index is 0.0763. The van der Waals surface area contributed by atoms with Crippen LogP contribution in [0, 0.1) is 17.0 Å². The van der Waals surface area contributed by atoms with E-state index < -0.39 is 4.92 Å². The summed E-state index contributed by atoms with van der Waals surface area (Å²) in [6.45, 7) is 2.57. The van der Waals surface area contributed by atoms with Crippen LogP contribution in [0.1, 0.15) is 5.69 Å². The minimum Gasteiger partial charge on any atom is -0.383 e. The second-order valence-electron chi connectivity index (χ2n) is 3.73. The molecular weight excluding hydrogens is 238 g/mol. The molecule has 1 aromatic heterocycles. The van der Waals surface area contributed by atoms with E-state index in [1.165, 1.54) is 0 Å². The zero-order valence-corrected chi connectivity index (χ0v) is 10.9. The maximum absolute atomic E-state index is 11.1. The fraction of sp³-hybridized carbons (Fsp3) is 0.600. The van der Waals surface area contributed by atoms with Gasteiger partial charge in [-0.05, 0) is 6.92 Å². The number of anilines is 2. The van der Waals surface area contributed by atoms with Crippen molar-refractivity contribution in [2.45, 2.75) is 6.92 Å². The van der Waals surface area contributed by atoms with E-state index in [0.29, 0.717) is 24.8 Å². The van der Waals surface area contributed by atoms with Crippen molar-refractivity contribution in [3.05, 3.63) is 15.8 Å². The molecular formula is C10H17N5O3. The summed E-state index contributed by atoms with van der Waals surface area (Å²) in [4.78, 5) is 20.4. The number of aromatic nitrogens is 2. The van der Waals surface area contributed by atoms with Gasteiger partial charge in [0.15, 0.2) is 0 Å². The van der Waals surface area contributed by atoms with Gasteiger partial charge in [-0.15, -0.1) is 0 Å². The normalized spacial score (nSPS) is 10.2. The molecule has 0 spiro atoms. The molecule has 0 bridgehead atoms. The van der Waals surface area contributed by atoms with E-state index in [2.05, 4.69) is 15.3 Å². The van der Waals surface area contributed by atoms with Gasteiger partial charge in [-0.2, -0.15) is 4.98 Å². The average molecular weight is 255 g/mol. The first-order valence-corrected chi connectivity index (χ1v) is 5.42. The van der Waals surface area contributed by atoms with Crippen LogP contribution in [0.25, 0.3) is 0 Å². The zero-order chi connectivity index (χ0) is 13.7. The first-order valence-electron chi connectivity index (χ1n) is 5.42. The second-order valence-corrected chi connectivity index (χ2v) is 3.73. The molecule has 0 amide bonds. The van der Waals surface area contributed by atoms with Crippen LogP contribution in [0.5, 0.6) is 0 Å². The molecule has 8 heteroatoms. The quantitative estimate of drug-likeness (QED) is 0.594. The molecule has 1 heterocycles. The average Bonchev–Trinajstić information content (AvgIpc) is 2.34. The Balaban J connectivity index is 3.20. The van der Waals surface area contributed by atoms with Crippen molar-refractivity contribution in [1.29, 1.82) is 0 Å². The molecule has 1 rings (SSSR count). The number of nitrogens with zero attached hydrogens (tertiary/aromatic N) is 4. The fourth-order valence-corrected chi connectivity index (χ4v) is 1.48. The van der Waals surface area contributed by atoms with E-state index in [-0.39, 0.29) is 11.5 Å². The fourth-order valence-electron chi connectivity index (χ4n) is 1.48. The summed E-state index contributed by atoms with van der Waals surface area (Å²) >= 11 is 0. The number of rotatable bonds is 6. The smallest absolute Gasteiger partial charge is 0.332 e. The highest BCUT2D eigenvalue weighted by Crippen LogP contribution is 2.28. The molecule has 1 aromatic rings. The molecule has 0 aliphatic heterocycles. The van der Waals surface area contributed by atoms with Crippen molar-refractivity contribution in [3.63, 3.8) is 0 Å². The van der Waals surface area contributed by atoms with Crippen LogP contribution in [-0.4, -0.2) is 49.2 Å². The van der Waals surface area contributed by atoms with Gasteiger partial charge in [-0.1, -0.05) is 0 Å². The van der Waals surface area contributed by atoms with Gasteiger partial charge in [-0.3, -0.25) is 10.1 Å². The molecule has 0 radical (unpaired) electrons. The third-order valence-electron chi connectivity index (χ3n) is 2.44. The second kappa shape index (κ2) is 6.10. The summed E-state index contributed by atoms with van der Waals surface area (Å²) < 4.78 is 4.95. The first kappa shape index (κ1) is 14.1. The van der Waals surface area contributed by atoms with Crippen molar-refractivity contribution in [1.82, 2.24) is 9.97 Å². The number of nitro groups is 1. The first-order chi connectivity index (χ1) is 8.51. The van der Waals surface area contributed by atoms with Gasteiger partial charge >= 0.3 is 5.69 Å². The molecule has 18 heavy (non-hydrogen) atoms. The van der Waals surface area contributed by atoms with Crippen LogP contribution in [0.3, 0.4) is 0 Å². The largest absolute Gasteiger partial charge is 0.383 e. The number of aryl methyl sites for hydroxylation is 1. The lowest BCUT2D eigenvalue weighted by Gasteiger charge is -2.18. The molecule has 100 valence electrons. The van der Waals surface area contributed by atoms with E-state index >= 15 is 0 Å². The van der Waals surface area contributed by atoms with Crippen LogP contribution in [0.15, 0.2) is 0 Å². The number of nitrogens with one attached hydrogen (secondary N) is 1. The van der Waals surface area contributed by atoms with Gasteiger partial charge in [-0.25, -0.2) is 4.98 Å². The SMILES string of the molecule is CNc1nc(C)c([N+](=O)[O-])c(N(C)CCOC)n1. The highest BCUT2D eigenvalue weighted by atomic mass is 16.6. The molecule has 0 aliphatic rings. The molecule has 0 saturated heterocycles. The summed E-state index contributed by atoms with van der Waals surface area (Å²) in [6.07, 6.45) is 0. The predicted octanol–water partition coefficient (Wildman–Crippen LogP) is 0.818. The number of ether oxygens (including phenoxy) is 1. The topological polar surface area (TPSA) is 93.4 Å². The van der Waals surface area contributed by atoms with Gasteiger partial charge < -0.3 is 15.0 Å². The molecule has 0 aromatic carbocycles. The number of methoxy groups -OCH3 is 1. The standard InChI is InChI=1S/C10H17N5O3/c1-7-8(15(16)17)9(13-10(11-2)12-7)14(3)5-6-18-4/h5-6H2,1-4H3,(H,11,12,13). The van der Waals surface area contributed by atoms with Crippen molar-refractivity contribution < 1.29 is 9.66 Å². The van der Waals surface area contributed by atoms with Crippen LogP contribution >= 0.6 is 0 Å². The van der Waals surface area contributed by atoms with Gasteiger partial charge in [0.25, 0.3) is 0 Å². The number of hydrogen-bond donors (Lipinski definition) is 1. The van der Waals surface area contributed by atoms with E-state index in [1.54, 1.807) is 33.0 Å². The maximum atomic E-state index is 11.1. The summed E-state index contributed by atoms with van der Waals surface area (Å²) in [6, 6.07) is 0. The molecule has 0 saturated carbocycles. The Bertz CT molecular complexity index is 438. The summed E-state index contributed by atoms with van der Waals surface area (Å²) in [5.74, 6) is 0.645. The third-order valence-corrected chi connectivity index (χ3v) is 2.44. The van der Waals surface area contributed by atoms with Gasteiger partial charge in [0.1, 0.15) is 5.69 Å². The van der Waals surface area contributed by atoms with Crippen LogP contribution < -0.4 is 10.2 Å². The monoisotopic (exact) mass is 255 g/mol. The van der Waals surface area contributed by atoms with Gasteiger partial charge in [0, 0.05) is 27.7 Å². The van der Waals surface area contributed by atoms with Crippen molar-refractivity contribution >= 4 is 17.5 Å². The lowest BCUT2D eigenvalue weighted by atomic mass is 10.3. The predicted molar refractivity (Wildman–Crippen MR) is 68.1 cm³/mol. The number of hydrogen-bond acceptors (Lipinski definition) is 7. The Kier molecular flexibility index (Phi) is 4.78. The molecule has 1 N–H and O–H groups in total. The Labute approximate surface area is 105 Å². The van der Waals surface area contributed by atoms with Crippen molar-refractivity contribution in [3.8, 4) is 0 Å². The van der Waals surface area contributed by atoms with Crippen LogP contribution in [0.4, 0.5) is 17.5 Å². The number of likely N-dealkylation sites (N-methyl/N-ethyl adjacent to an activating group) is 1. The Morgan fingerprint density at radius 1 is 1.50 bits per heavy atom. The Hall–Kier alpha value is -1.96. The summed E-state index contributed by atoms with van der Waals surface area (Å²) in [7, 11) is 4.97. The Morgan fingerprint density at radius 3 is 2.67 bits per heavy atom. The summed E-state index contributed by atoms with van der Waals surface area (Å²) in [5, 5.41) is 13.9. The highest BCUT2D eigenvalue weighted by Gasteiger charge is 2.24. The molecule has 0 fully saturated rings. The van der Waals surface area contributed by atoms with Crippen LogP contribution in [-0.2, 0) is 4.74 Å². The summed E-state index contributed by atoms with van der Waals surface area (Å²) in [5.41, 5.74) is 0.256. The van der Waals surface area contributed by atoms with Gasteiger partial charge in [0.05, 0.1) is 11.5 Å². The van der Waals surface area contributed by atoms with Crippen LogP contribution in [0.2, 0.25) is 0 Å². The lowest BCUT2D eigenvalue weighted by molar-refractivity contribution is -0.385. The molecule has 0 atom stereocenters. The van der Waals surface area contributed by atoms with E-state index in [1.807, 2.05) is 0 Å².